The summed E-state index contributed by atoms with van der Waals surface area (Å²) in [7, 11) is -1.04. The van der Waals surface area contributed by atoms with Gasteiger partial charge in [-0.05, 0) is 125 Å². The summed E-state index contributed by atoms with van der Waals surface area (Å²) in [6.45, 7) is 24.5. The average Bonchev–Trinajstić information content (AvgIpc) is 1.62. The molecule has 35 heteroatoms. The van der Waals surface area contributed by atoms with Crippen LogP contribution in [0, 0.1) is 34.6 Å². The second kappa shape index (κ2) is 45.5. The fourth-order valence-corrected chi connectivity index (χ4v) is 11.8. The van der Waals surface area contributed by atoms with Crippen molar-refractivity contribution < 1.29 is 82.0 Å². The molecule has 0 aromatic carbocycles. The van der Waals surface area contributed by atoms with Crippen molar-refractivity contribution >= 4 is 171 Å². The molecule has 8 heterocycles. The van der Waals surface area contributed by atoms with E-state index in [0.29, 0.717) is 90.5 Å². The number of aromatic carboxylic acids is 1. The molecule has 6 N–H and O–H groups in total. The van der Waals surface area contributed by atoms with Crippen LogP contribution in [0.25, 0.3) is 31.0 Å². The Bertz CT molecular complexity index is 3970. The molecule has 3 fully saturated rings. The third kappa shape index (κ3) is 29.2. The number of nitrogens with zero attached hydrogens (tertiary/aromatic N) is 8. The summed E-state index contributed by atoms with van der Waals surface area (Å²) < 4.78 is 24.7. The molecule has 0 bridgehead atoms. The maximum absolute atomic E-state index is 12.0. The number of carbonyl (C=O) groups is 5. The van der Waals surface area contributed by atoms with E-state index in [2.05, 4.69) is 45.2 Å². The first-order valence-electron chi connectivity index (χ1n) is 30.4. The largest absolute Gasteiger partial charge is 0.501 e. The van der Waals surface area contributed by atoms with Gasteiger partial charge in [-0.15, -0.1) is 35.1 Å². The molecule has 0 atom stereocenters. The molecular formula is C63H79BCl2N10O17S5. The zero-order valence-corrected chi connectivity index (χ0v) is 61.7. The second-order valence-corrected chi connectivity index (χ2v) is 26.5. The molecular weight excluding hydrogens is 1410 g/mol. The molecule has 0 amide bonds. The summed E-state index contributed by atoms with van der Waals surface area (Å²) in [5.74, 6) is -1.15. The fraction of sp³-hybridized carbons (Fsp3) is 0.444. The first-order chi connectivity index (χ1) is 46.3. The van der Waals surface area contributed by atoms with Crippen molar-refractivity contribution in [3.63, 3.8) is 0 Å². The topological polar surface area (TPSA) is 402 Å². The number of carboxylic acids is 1. The quantitative estimate of drug-likeness (QED) is 0.0175. The predicted octanol–water partition coefficient (Wildman–Crippen LogP) is 13.0. The average molecular weight is 1490 g/mol. The van der Waals surface area contributed by atoms with E-state index in [-0.39, 0.29) is 54.0 Å². The molecule has 11 rings (SSSR count). The lowest BCUT2D eigenvalue weighted by atomic mass is 9.84. The normalized spacial score (nSPS) is 12.4. The number of rotatable bonds is 18. The molecule has 27 nitrogen and oxygen atoms in total. The third-order valence-electron chi connectivity index (χ3n) is 12.7. The van der Waals surface area contributed by atoms with Crippen LogP contribution in [0.3, 0.4) is 0 Å². The molecule has 3 aliphatic rings. The Morgan fingerprint density at radius 2 is 0.969 bits per heavy atom. The van der Waals surface area contributed by atoms with Crippen LogP contribution < -0.4 is 11.1 Å². The number of halogens is 2. The van der Waals surface area contributed by atoms with E-state index < -0.39 is 19.1 Å². The first kappa shape index (κ1) is 86.0. The Morgan fingerprint density at radius 3 is 1.33 bits per heavy atom. The molecule has 0 unspecified atom stereocenters. The predicted molar refractivity (Wildman–Crippen MR) is 378 cm³/mol. The molecule has 98 heavy (non-hydrogen) atoms. The maximum atomic E-state index is 12.0. The number of ether oxygens (including phenoxy) is 5. The highest BCUT2D eigenvalue weighted by atomic mass is 35.5. The van der Waals surface area contributed by atoms with E-state index in [4.69, 9.17) is 75.4 Å². The molecule has 0 spiro atoms. The van der Waals surface area contributed by atoms with Gasteiger partial charge in [0.05, 0.1) is 110 Å². The van der Waals surface area contributed by atoms with Crippen LogP contribution >= 0.6 is 80.7 Å². The number of hydrogen-bond acceptors (Lipinski definition) is 31. The number of aryl methyl sites for hydroxylation is 5. The number of hydrogen-bond donors (Lipinski definition) is 5. The zero-order valence-electron chi connectivity index (χ0n) is 56.1. The van der Waals surface area contributed by atoms with Crippen LogP contribution in [0.1, 0.15) is 179 Å². The minimum atomic E-state index is -1.04. The molecule has 530 valence electrons. The monoisotopic (exact) mass is 1490 g/mol. The van der Waals surface area contributed by atoms with Gasteiger partial charge in [0.1, 0.15) is 41.0 Å². The third-order valence-corrected chi connectivity index (χ3v) is 17.3. The number of aromatic nitrogens is 8. The minimum absolute atomic E-state index is 0. The van der Waals surface area contributed by atoms with E-state index in [9.17, 15) is 24.0 Å². The molecule has 0 aliphatic heterocycles. The summed E-state index contributed by atoms with van der Waals surface area (Å²) >= 11 is 13.7. The number of thiazole rings is 5. The van der Waals surface area contributed by atoms with E-state index >= 15 is 0 Å². The van der Waals surface area contributed by atoms with Gasteiger partial charge in [-0.1, -0.05) is 72.3 Å². The van der Waals surface area contributed by atoms with Gasteiger partial charge in [0.2, 0.25) is 0 Å². The highest BCUT2D eigenvalue weighted by molar-refractivity contribution is 7.19. The number of pyridine rings is 3. The van der Waals surface area contributed by atoms with Gasteiger partial charge in [-0.2, -0.15) is 19.2 Å². The maximum Gasteiger partial charge on any atom is 0.454 e. The van der Waals surface area contributed by atoms with Gasteiger partial charge in [0.25, 0.3) is 0 Å². The number of nitrogens with two attached hydrogens (primary N) is 1. The van der Waals surface area contributed by atoms with E-state index in [1.54, 1.807) is 68.2 Å². The second-order valence-electron chi connectivity index (χ2n) is 20.1. The number of nitrogens with one attached hydrogen (secondary N) is 1. The Morgan fingerprint density at radius 1 is 0.561 bits per heavy atom. The van der Waals surface area contributed by atoms with Crippen LogP contribution in [0.5, 0.6) is 0 Å². The van der Waals surface area contributed by atoms with Gasteiger partial charge >= 0.3 is 49.3 Å². The lowest BCUT2D eigenvalue weighted by Crippen LogP contribution is -2.09. The van der Waals surface area contributed by atoms with Crippen LogP contribution in [-0.4, -0.2) is 137 Å². The molecule has 0 saturated heterocycles. The summed E-state index contributed by atoms with van der Waals surface area (Å²) in [6.07, 6.45) is 19.3. The molecule has 3 aliphatic carbocycles. The number of carboxylic acid groups (broad SMARTS) is 1. The van der Waals surface area contributed by atoms with Crippen molar-refractivity contribution in [1.29, 1.82) is 0 Å². The zero-order chi connectivity index (χ0) is 72.3. The van der Waals surface area contributed by atoms with Crippen molar-refractivity contribution in [2.24, 2.45) is 0 Å². The summed E-state index contributed by atoms with van der Waals surface area (Å²) in [4.78, 5) is 126. The van der Waals surface area contributed by atoms with Gasteiger partial charge < -0.3 is 49.9 Å². The van der Waals surface area contributed by atoms with Gasteiger partial charge in [-0.25, -0.2) is 63.8 Å². The Hall–Kier alpha value is -8.07. The molecule has 3 saturated carbocycles. The van der Waals surface area contributed by atoms with Gasteiger partial charge in [0.15, 0.2) is 0 Å². The smallest absolute Gasteiger partial charge is 0.454 e. The number of anilines is 2. The van der Waals surface area contributed by atoms with Crippen LogP contribution in [0.4, 0.5) is 10.0 Å². The highest BCUT2D eigenvalue weighted by Crippen LogP contribution is 2.46. The van der Waals surface area contributed by atoms with E-state index in [1.165, 1.54) is 52.7 Å². The Labute approximate surface area is 597 Å². The Kier molecular flexibility index (Phi) is 39.9. The van der Waals surface area contributed by atoms with Crippen molar-refractivity contribution in [2.45, 2.75) is 152 Å². The lowest BCUT2D eigenvalue weighted by molar-refractivity contribution is -0.193. The summed E-state index contributed by atoms with van der Waals surface area (Å²) in [5.41, 5.74) is 11.9. The molecule has 8 aromatic heterocycles. The summed E-state index contributed by atoms with van der Waals surface area (Å²) in [5, 5.41) is 35.5. The summed E-state index contributed by atoms with van der Waals surface area (Å²) in [6, 6.07) is 0. The van der Waals surface area contributed by atoms with Crippen molar-refractivity contribution in [3.8, 4) is 0 Å². The Balaban J connectivity index is 0.000000391. The number of nitrogen functional groups attached to an aromatic ring is 1. The van der Waals surface area contributed by atoms with Crippen LogP contribution in [0.2, 0.25) is 10.8 Å². The van der Waals surface area contributed by atoms with Crippen LogP contribution in [-0.2, 0) is 52.5 Å². The molecule has 0 radical (unpaired) electrons. The van der Waals surface area contributed by atoms with Crippen LogP contribution in [0.15, 0.2) is 54.6 Å². The minimum Gasteiger partial charge on any atom is -0.501 e. The van der Waals surface area contributed by atoms with Crippen molar-refractivity contribution in [1.82, 2.24) is 39.9 Å². The standard InChI is InChI=1S/C13H14N2O2S.C11H10N2O2S.C11H16N2O2S.C10H9ClN2O2S.C9H16O3.C4H6N2S.C3H7BO2.2CO2.ClH/c1-3-17-13(16)9-6-14-12-11(15-7(2)18-12)10(9)8-4-5-8;1-5-13-9-8(6-2-3-6)7(11(14)15)4-12-10(9)16-5;1-4-9(11(14)15-5-2)6-13-10-7-12-8(3)16-10;1-3-15-10(14)6-4-12-9-8(7(6)11)13-5(2)16-9;1-4-8(7-11-5-2)9(10)12-6-3;1-3-6-2-4(5)7-3;5-4(6)3-1-2-3;2*2-1-3;/h6,8H,3-5H2,1-2H3;4,6H,2-3H2,1H3,(H,14,15);6-7,13H,4-5H2,1-3H3;4H,3H2,1-2H3;7H,4-6H2,1-3H3;2H,5H2,1H3;3,5-6H,1-2H2;;;1H/b;;9-6+;;8-7-;;;;;. The number of carbonyl (C=O) groups excluding carboxylic acids is 8. The van der Waals surface area contributed by atoms with Gasteiger partial charge in [0, 0.05) is 35.9 Å². The first-order valence-corrected chi connectivity index (χ1v) is 34.9. The molecule has 8 aromatic rings. The van der Waals surface area contributed by atoms with E-state index in [1.807, 2.05) is 62.3 Å². The number of fused-ring (bicyclic) bond motifs is 3. The number of esters is 4. The van der Waals surface area contributed by atoms with E-state index in [0.717, 1.165) is 110 Å². The lowest BCUT2D eigenvalue weighted by Gasteiger charge is -2.07. The highest BCUT2D eigenvalue weighted by Gasteiger charge is 2.34. The fourth-order valence-electron chi connectivity index (χ4n) is 7.99. The van der Waals surface area contributed by atoms with Crippen molar-refractivity contribution in [2.75, 3.05) is 44.1 Å². The van der Waals surface area contributed by atoms with Gasteiger partial charge in [-0.3, -0.25) is 0 Å². The van der Waals surface area contributed by atoms with Crippen molar-refractivity contribution in [3.05, 3.63) is 112 Å². The SMILES string of the molecule is CCO/C=C(/CC)C(=O)OCC.CCOC(=O)/C(=C/Nc1cnc(C)s1)CC.CCOC(=O)c1cnc2sc(C)nc2c1C1CC1.CCOC(=O)c1cnc2sc(C)nc2c1Cl.Cc1nc2c(C3CC3)c(C(=O)O)cnc2s1.Cc1ncc(N)s1.Cl.O=C=O.O=C=O.OB(O)C1CC1.